The number of carbonyl (C=O) groups is 1. The van der Waals surface area contributed by atoms with E-state index in [4.69, 9.17) is 19.3 Å². The van der Waals surface area contributed by atoms with Crippen LogP contribution < -0.4 is 9.47 Å². The molecule has 3 aromatic carbocycles. The van der Waals surface area contributed by atoms with E-state index in [9.17, 15) is 4.79 Å². The SMILES string of the molecule is CO[C@@H](Cc1ccc(OCCOc2ccc(C(C)(C)c3ccccc3)cc2)cc1)C(=O)O. The summed E-state index contributed by atoms with van der Waals surface area (Å²) in [5.41, 5.74) is 3.30. The highest BCUT2D eigenvalue weighted by molar-refractivity contribution is 5.72. The summed E-state index contributed by atoms with van der Waals surface area (Å²) >= 11 is 0. The first-order valence-corrected chi connectivity index (χ1v) is 10.7. The van der Waals surface area contributed by atoms with Gasteiger partial charge in [0.25, 0.3) is 0 Å². The predicted octanol–water partition coefficient (Wildman–Crippen LogP) is 5.11. The van der Waals surface area contributed by atoms with Crippen molar-refractivity contribution < 1.29 is 24.1 Å². The number of hydrogen-bond acceptors (Lipinski definition) is 4. The van der Waals surface area contributed by atoms with Gasteiger partial charge in [0, 0.05) is 18.9 Å². The van der Waals surface area contributed by atoms with Gasteiger partial charge in [-0.05, 0) is 41.0 Å². The van der Waals surface area contributed by atoms with Crippen LogP contribution in [0.4, 0.5) is 0 Å². The highest BCUT2D eigenvalue weighted by atomic mass is 16.5. The van der Waals surface area contributed by atoms with E-state index < -0.39 is 12.1 Å². The molecule has 0 saturated carbocycles. The molecule has 0 aliphatic rings. The molecule has 5 heteroatoms. The number of benzene rings is 3. The molecule has 168 valence electrons. The lowest BCUT2D eigenvalue weighted by molar-refractivity contribution is -0.148. The number of hydrogen-bond donors (Lipinski definition) is 1. The van der Waals surface area contributed by atoms with Gasteiger partial charge in [0.1, 0.15) is 24.7 Å². The van der Waals surface area contributed by atoms with Crippen LogP contribution >= 0.6 is 0 Å². The van der Waals surface area contributed by atoms with Crippen molar-refractivity contribution in [3.8, 4) is 11.5 Å². The number of aliphatic carboxylic acids is 1. The Balaban J connectivity index is 1.46. The first-order chi connectivity index (χ1) is 15.4. The maximum atomic E-state index is 11.1. The molecule has 0 bridgehead atoms. The Labute approximate surface area is 189 Å². The van der Waals surface area contributed by atoms with Gasteiger partial charge < -0.3 is 19.3 Å². The third kappa shape index (κ3) is 6.11. The molecule has 1 atom stereocenters. The van der Waals surface area contributed by atoms with Crippen molar-refractivity contribution in [2.45, 2.75) is 31.8 Å². The molecule has 0 spiro atoms. The van der Waals surface area contributed by atoms with Crippen LogP contribution in [0.2, 0.25) is 0 Å². The highest BCUT2D eigenvalue weighted by Crippen LogP contribution is 2.32. The molecule has 0 radical (unpaired) electrons. The summed E-state index contributed by atoms with van der Waals surface area (Å²) in [6, 6.07) is 26.0. The zero-order chi connectivity index (χ0) is 23.0. The van der Waals surface area contributed by atoms with Gasteiger partial charge in [0.2, 0.25) is 0 Å². The predicted molar refractivity (Wildman–Crippen MR) is 125 cm³/mol. The van der Waals surface area contributed by atoms with Gasteiger partial charge in [-0.1, -0.05) is 68.4 Å². The van der Waals surface area contributed by atoms with Crippen molar-refractivity contribution in [2.75, 3.05) is 20.3 Å². The Bertz CT molecular complexity index is 979. The third-order valence-electron chi connectivity index (χ3n) is 5.60. The Morgan fingerprint density at radius 3 is 1.81 bits per heavy atom. The van der Waals surface area contributed by atoms with Crippen molar-refractivity contribution in [1.29, 1.82) is 0 Å². The summed E-state index contributed by atoms with van der Waals surface area (Å²) in [6.07, 6.45) is -0.536. The van der Waals surface area contributed by atoms with Gasteiger partial charge in [-0.2, -0.15) is 0 Å². The standard InChI is InChI=1S/C27H30O5/c1-27(2,21-7-5-4-6-8-21)22-11-15-24(16-12-22)32-18-17-31-23-13-9-20(10-14-23)19-25(30-3)26(28)29/h4-16,25H,17-19H2,1-3H3,(H,28,29)/t25-/m0/s1. The summed E-state index contributed by atoms with van der Waals surface area (Å²) < 4.78 is 16.5. The molecule has 0 amide bonds. The molecule has 0 aliphatic carbocycles. The molecular formula is C27H30O5. The number of rotatable bonds is 11. The smallest absolute Gasteiger partial charge is 0.333 e. The summed E-state index contributed by atoms with van der Waals surface area (Å²) in [5, 5.41) is 9.07. The second kappa shape index (κ2) is 10.8. The van der Waals surface area contributed by atoms with E-state index in [1.165, 1.54) is 18.2 Å². The molecule has 0 fully saturated rings. The van der Waals surface area contributed by atoms with E-state index in [1.54, 1.807) is 0 Å². The number of methoxy groups -OCH3 is 1. The van der Waals surface area contributed by atoms with Crippen LogP contribution in [0, 0.1) is 0 Å². The van der Waals surface area contributed by atoms with Gasteiger partial charge in [-0.3, -0.25) is 0 Å². The molecule has 0 aromatic heterocycles. The number of carboxylic acid groups (broad SMARTS) is 1. The molecule has 0 unspecified atom stereocenters. The molecule has 0 heterocycles. The van der Waals surface area contributed by atoms with Crippen LogP contribution in [0.25, 0.3) is 0 Å². The lowest BCUT2D eigenvalue weighted by atomic mass is 9.78. The molecule has 0 saturated heterocycles. The fourth-order valence-corrected chi connectivity index (χ4v) is 3.52. The van der Waals surface area contributed by atoms with Gasteiger partial charge >= 0.3 is 5.97 Å². The van der Waals surface area contributed by atoms with Gasteiger partial charge in [0.05, 0.1) is 0 Å². The second-order valence-corrected chi connectivity index (χ2v) is 8.12. The molecule has 5 nitrogen and oxygen atoms in total. The fourth-order valence-electron chi connectivity index (χ4n) is 3.52. The molecular weight excluding hydrogens is 404 g/mol. The molecule has 32 heavy (non-hydrogen) atoms. The second-order valence-electron chi connectivity index (χ2n) is 8.12. The highest BCUT2D eigenvalue weighted by Gasteiger charge is 2.22. The van der Waals surface area contributed by atoms with E-state index in [-0.39, 0.29) is 5.41 Å². The Hall–Kier alpha value is -3.31. The maximum Gasteiger partial charge on any atom is 0.333 e. The largest absolute Gasteiger partial charge is 0.490 e. The van der Waals surface area contributed by atoms with Crippen LogP contribution in [0.3, 0.4) is 0 Å². The van der Waals surface area contributed by atoms with Crippen LogP contribution in [0.5, 0.6) is 11.5 Å². The van der Waals surface area contributed by atoms with Crippen molar-refractivity contribution in [3.05, 3.63) is 95.6 Å². The van der Waals surface area contributed by atoms with Crippen LogP contribution in [-0.2, 0) is 21.4 Å². The van der Waals surface area contributed by atoms with E-state index in [0.717, 1.165) is 11.3 Å². The summed E-state index contributed by atoms with van der Waals surface area (Å²) in [7, 11) is 1.40. The summed E-state index contributed by atoms with van der Waals surface area (Å²) in [4.78, 5) is 11.1. The van der Waals surface area contributed by atoms with Crippen molar-refractivity contribution in [1.82, 2.24) is 0 Å². The number of carboxylic acids is 1. The quantitative estimate of drug-likeness (QED) is 0.425. The summed E-state index contributed by atoms with van der Waals surface area (Å²) in [5.74, 6) is 0.541. The lowest BCUT2D eigenvalue weighted by Crippen LogP contribution is -2.24. The number of ether oxygens (including phenoxy) is 3. The van der Waals surface area contributed by atoms with E-state index in [2.05, 4.69) is 50.2 Å². The minimum absolute atomic E-state index is 0.0806. The van der Waals surface area contributed by atoms with Crippen molar-refractivity contribution in [3.63, 3.8) is 0 Å². The Kier molecular flexibility index (Phi) is 7.90. The first-order valence-electron chi connectivity index (χ1n) is 10.7. The normalized spacial score (nSPS) is 12.2. The third-order valence-corrected chi connectivity index (χ3v) is 5.60. The lowest BCUT2D eigenvalue weighted by Gasteiger charge is -2.26. The molecule has 0 aliphatic heterocycles. The van der Waals surface area contributed by atoms with E-state index >= 15 is 0 Å². The van der Waals surface area contributed by atoms with Crippen LogP contribution in [-0.4, -0.2) is 37.5 Å². The summed E-state index contributed by atoms with van der Waals surface area (Å²) in [6.45, 7) is 5.27. The zero-order valence-electron chi connectivity index (χ0n) is 18.8. The van der Waals surface area contributed by atoms with E-state index in [0.29, 0.717) is 25.4 Å². The Morgan fingerprint density at radius 1 is 0.812 bits per heavy atom. The first kappa shape index (κ1) is 23.4. The average molecular weight is 435 g/mol. The van der Waals surface area contributed by atoms with E-state index in [1.807, 2.05) is 42.5 Å². The van der Waals surface area contributed by atoms with Crippen molar-refractivity contribution >= 4 is 5.97 Å². The van der Waals surface area contributed by atoms with Crippen LogP contribution in [0.15, 0.2) is 78.9 Å². The maximum absolute atomic E-state index is 11.1. The minimum atomic E-state index is -0.971. The molecule has 3 rings (SSSR count). The Morgan fingerprint density at radius 2 is 1.31 bits per heavy atom. The van der Waals surface area contributed by atoms with Gasteiger partial charge in [-0.25, -0.2) is 4.79 Å². The molecule has 3 aromatic rings. The van der Waals surface area contributed by atoms with Crippen LogP contribution in [0.1, 0.15) is 30.5 Å². The zero-order valence-corrected chi connectivity index (χ0v) is 18.8. The topological polar surface area (TPSA) is 65.0 Å². The van der Waals surface area contributed by atoms with Crippen molar-refractivity contribution in [2.24, 2.45) is 0 Å². The fraction of sp³-hybridized carbons (Fsp3) is 0.296. The average Bonchev–Trinajstić information content (AvgIpc) is 2.82. The van der Waals surface area contributed by atoms with Gasteiger partial charge in [0.15, 0.2) is 6.10 Å². The minimum Gasteiger partial charge on any atom is -0.490 e. The monoisotopic (exact) mass is 434 g/mol. The molecule has 1 N–H and O–H groups in total. The van der Waals surface area contributed by atoms with Gasteiger partial charge in [-0.15, -0.1) is 0 Å².